The van der Waals surface area contributed by atoms with Crippen LogP contribution in [0.15, 0.2) is 24.3 Å². The van der Waals surface area contributed by atoms with Gasteiger partial charge in [0.15, 0.2) is 0 Å². The molecule has 6 heteroatoms. The minimum absolute atomic E-state index is 0.193. The molecule has 6 nitrogen and oxygen atoms in total. The van der Waals surface area contributed by atoms with Gasteiger partial charge in [0.05, 0.1) is 7.11 Å². The average Bonchev–Trinajstić information content (AvgIpc) is 2.51. The Bertz CT molecular complexity index is 503. The van der Waals surface area contributed by atoms with Gasteiger partial charge in [-0.1, -0.05) is 32.0 Å². The molecule has 0 aliphatic heterocycles. The van der Waals surface area contributed by atoms with Crippen LogP contribution in [0.4, 0.5) is 4.79 Å². The molecule has 0 saturated carbocycles. The molecule has 1 aromatic rings. The van der Waals surface area contributed by atoms with Gasteiger partial charge in [-0.05, 0) is 18.4 Å². The van der Waals surface area contributed by atoms with Gasteiger partial charge in [-0.3, -0.25) is 4.79 Å². The highest BCUT2D eigenvalue weighted by atomic mass is 16.5. The summed E-state index contributed by atoms with van der Waals surface area (Å²) in [4.78, 5) is 23.8. The lowest BCUT2D eigenvalue weighted by molar-refractivity contribution is -0.122. The summed E-state index contributed by atoms with van der Waals surface area (Å²) < 4.78 is 5.23. The number of carbonyl (C=O) groups is 2. The fraction of sp³-hybridized carbons (Fsp3) is 0.500. The van der Waals surface area contributed by atoms with E-state index in [0.29, 0.717) is 24.6 Å². The van der Waals surface area contributed by atoms with Gasteiger partial charge in [-0.15, -0.1) is 0 Å². The van der Waals surface area contributed by atoms with E-state index in [1.807, 2.05) is 38.1 Å². The average molecular weight is 307 g/mol. The molecule has 0 spiro atoms. The molecule has 1 rings (SSSR count). The Morgan fingerprint density at radius 2 is 1.91 bits per heavy atom. The number of likely N-dealkylation sites (N-methyl/N-ethyl adjacent to an activating group) is 1. The van der Waals surface area contributed by atoms with Gasteiger partial charge in [-0.25, -0.2) is 4.79 Å². The van der Waals surface area contributed by atoms with Crippen LogP contribution in [0.3, 0.4) is 0 Å². The second kappa shape index (κ2) is 8.92. The highest BCUT2D eigenvalue weighted by Gasteiger charge is 2.20. The Balaban J connectivity index is 2.58. The minimum atomic E-state index is -0.539. The van der Waals surface area contributed by atoms with Crippen LogP contribution in [0.25, 0.3) is 0 Å². The summed E-state index contributed by atoms with van der Waals surface area (Å²) in [6.45, 7) is 4.34. The van der Waals surface area contributed by atoms with Crippen molar-refractivity contribution in [1.29, 1.82) is 0 Å². The topological polar surface area (TPSA) is 79.5 Å². The molecule has 0 heterocycles. The Hall–Kier alpha value is -2.24. The lowest BCUT2D eigenvalue weighted by atomic mass is 10.0. The van der Waals surface area contributed by atoms with Crippen molar-refractivity contribution in [2.75, 3.05) is 14.2 Å². The summed E-state index contributed by atoms with van der Waals surface area (Å²) in [6.07, 6.45) is 0.585. The number of amides is 3. The zero-order valence-corrected chi connectivity index (χ0v) is 13.6. The highest BCUT2D eigenvalue weighted by Crippen LogP contribution is 2.16. The van der Waals surface area contributed by atoms with E-state index in [2.05, 4.69) is 16.0 Å². The molecule has 0 radical (unpaired) electrons. The van der Waals surface area contributed by atoms with Crippen molar-refractivity contribution in [3.8, 4) is 5.75 Å². The summed E-state index contributed by atoms with van der Waals surface area (Å²) in [5, 5.41) is 8.02. The molecule has 0 bridgehead atoms. The molecule has 3 N–H and O–H groups in total. The third-order valence-corrected chi connectivity index (χ3v) is 3.21. The molecular weight excluding hydrogens is 282 g/mol. The first-order valence-electron chi connectivity index (χ1n) is 7.35. The number of urea groups is 1. The van der Waals surface area contributed by atoms with Crippen LogP contribution >= 0.6 is 0 Å². The van der Waals surface area contributed by atoms with Gasteiger partial charge < -0.3 is 20.7 Å². The molecule has 0 unspecified atom stereocenters. The standard InChI is InChI=1S/C16H25N3O3/c1-11(2)9-13(15(20)17-3)19-16(21)18-10-12-7-5-6-8-14(12)22-4/h5-8,11,13H,9-10H2,1-4H3,(H,17,20)(H2,18,19,21)/t13-/m0/s1. The van der Waals surface area contributed by atoms with Crippen LogP contribution in [0.2, 0.25) is 0 Å². The number of hydrogen-bond acceptors (Lipinski definition) is 3. The van der Waals surface area contributed by atoms with E-state index in [1.54, 1.807) is 14.2 Å². The summed E-state index contributed by atoms with van der Waals surface area (Å²) in [7, 11) is 3.15. The molecule has 3 amide bonds. The smallest absolute Gasteiger partial charge is 0.315 e. The SMILES string of the molecule is CNC(=O)[C@H](CC(C)C)NC(=O)NCc1ccccc1OC. The Morgan fingerprint density at radius 1 is 1.23 bits per heavy atom. The molecule has 0 saturated heterocycles. The number of benzene rings is 1. The molecule has 0 fully saturated rings. The largest absolute Gasteiger partial charge is 0.496 e. The normalized spacial score (nSPS) is 11.7. The summed E-state index contributed by atoms with van der Waals surface area (Å²) in [5.41, 5.74) is 0.875. The predicted molar refractivity (Wildman–Crippen MR) is 85.7 cm³/mol. The first-order chi connectivity index (χ1) is 10.5. The number of methoxy groups -OCH3 is 1. The molecule has 0 aliphatic carbocycles. The maximum Gasteiger partial charge on any atom is 0.315 e. The quantitative estimate of drug-likeness (QED) is 0.716. The monoisotopic (exact) mass is 307 g/mol. The summed E-state index contributed by atoms with van der Waals surface area (Å²) in [6, 6.07) is 6.54. The number of para-hydroxylation sites is 1. The molecule has 22 heavy (non-hydrogen) atoms. The lowest BCUT2D eigenvalue weighted by Gasteiger charge is -2.19. The van der Waals surface area contributed by atoms with Crippen molar-refractivity contribution in [3.05, 3.63) is 29.8 Å². The maximum absolute atomic E-state index is 12.0. The molecule has 1 aromatic carbocycles. The van der Waals surface area contributed by atoms with Crippen molar-refractivity contribution in [2.45, 2.75) is 32.9 Å². The van der Waals surface area contributed by atoms with Crippen molar-refractivity contribution >= 4 is 11.9 Å². The molecule has 1 atom stereocenters. The Kier molecular flexibility index (Phi) is 7.22. The maximum atomic E-state index is 12.0. The predicted octanol–water partition coefficient (Wildman–Crippen LogP) is 1.66. The number of nitrogens with one attached hydrogen (secondary N) is 3. The van der Waals surface area contributed by atoms with E-state index in [0.717, 1.165) is 5.56 Å². The van der Waals surface area contributed by atoms with Gasteiger partial charge in [0, 0.05) is 19.2 Å². The van der Waals surface area contributed by atoms with Crippen LogP contribution in [-0.4, -0.2) is 32.1 Å². The van der Waals surface area contributed by atoms with E-state index >= 15 is 0 Å². The van der Waals surface area contributed by atoms with E-state index < -0.39 is 6.04 Å². The number of ether oxygens (including phenoxy) is 1. The number of rotatable bonds is 7. The Morgan fingerprint density at radius 3 is 2.50 bits per heavy atom. The number of hydrogen-bond donors (Lipinski definition) is 3. The van der Waals surface area contributed by atoms with Gasteiger partial charge in [0.25, 0.3) is 0 Å². The Labute approximate surface area is 131 Å². The van der Waals surface area contributed by atoms with Crippen molar-refractivity contribution in [3.63, 3.8) is 0 Å². The second-order valence-corrected chi connectivity index (χ2v) is 5.44. The third kappa shape index (κ3) is 5.63. The van der Waals surface area contributed by atoms with E-state index in [9.17, 15) is 9.59 Å². The highest BCUT2D eigenvalue weighted by molar-refractivity contribution is 5.86. The van der Waals surface area contributed by atoms with Crippen LogP contribution < -0.4 is 20.7 Å². The van der Waals surface area contributed by atoms with Crippen molar-refractivity contribution in [1.82, 2.24) is 16.0 Å². The minimum Gasteiger partial charge on any atom is -0.496 e. The van der Waals surface area contributed by atoms with E-state index in [-0.39, 0.29) is 11.9 Å². The van der Waals surface area contributed by atoms with E-state index in [4.69, 9.17) is 4.74 Å². The molecule has 0 aliphatic rings. The summed E-state index contributed by atoms with van der Waals surface area (Å²) in [5.74, 6) is 0.825. The molecule has 0 aromatic heterocycles. The van der Waals surface area contributed by atoms with Gasteiger partial charge in [-0.2, -0.15) is 0 Å². The second-order valence-electron chi connectivity index (χ2n) is 5.44. The molecular formula is C16H25N3O3. The zero-order valence-electron chi connectivity index (χ0n) is 13.6. The van der Waals surface area contributed by atoms with Gasteiger partial charge in [0.1, 0.15) is 11.8 Å². The van der Waals surface area contributed by atoms with Crippen molar-refractivity contribution in [2.24, 2.45) is 5.92 Å². The zero-order chi connectivity index (χ0) is 16.5. The van der Waals surface area contributed by atoms with Crippen molar-refractivity contribution < 1.29 is 14.3 Å². The van der Waals surface area contributed by atoms with Crippen LogP contribution in [0.5, 0.6) is 5.75 Å². The van der Waals surface area contributed by atoms with Crippen LogP contribution in [-0.2, 0) is 11.3 Å². The number of carbonyl (C=O) groups excluding carboxylic acids is 2. The van der Waals surface area contributed by atoms with E-state index in [1.165, 1.54) is 0 Å². The fourth-order valence-electron chi connectivity index (χ4n) is 2.11. The van der Waals surface area contributed by atoms with Crippen LogP contribution in [0.1, 0.15) is 25.8 Å². The first kappa shape index (κ1) is 17.8. The third-order valence-electron chi connectivity index (χ3n) is 3.21. The van der Waals surface area contributed by atoms with Crippen LogP contribution in [0, 0.1) is 5.92 Å². The van der Waals surface area contributed by atoms with Gasteiger partial charge >= 0.3 is 6.03 Å². The molecule has 122 valence electrons. The fourth-order valence-corrected chi connectivity index (χ4v) is 2.11. The lowest BCUT2D eigenvalue weighted by Crippen LogP contribution is -2.49. The first-order valence-corrected chi connectivity index (χ1v) is 7.35. The van der Waals surface area contributed by atoms with Gasteiger partial charge in [0.2, 0.25) is 5.91 Å². The summed E-state index contributed by atoms with van der Waals surface area (Å²) >= 11 is 0.